The van der Waals surface area contributed by atoms with E-state index in [2.05, 4.69) is 86.8 Å². The molecule has 3 atom stereocenters. The van der Waals surface area contributed by atoms with Crippen LogP contribution in [0, 0.1) is 0 Å². The summed E-state index contributed by atoms with van der Waals surface area (Å²) in [5.74, 6) is -0.533. The van der Waals surface area contributed by atoms with Crippen molar-refractivity contribution < 1.29 is 37.3 Å². The number of carbonyl (C=O) groups is 2. The lowest BCUT2D eigenvalue weighted by molar-refractivity contribution is -0.870. The van der Waals surface area contributed by atoms with Crippen LogP contribution < -0.4 is 10.2 Å². The molecule has 0 aliphatic rings. The molecule has 0 saturated heterocycles. The number of nitrogens with zero attached hydrogens (tertiary/aromatic N) is 1. The van der Waals surface area contributed by atoms with Gasteiger partial charge in [0.15, 0.2) is 0 Å². The first-order valence-corrected chi connectivity index (χ1v) is 38.7. The highest BCUT2D eigenvalue weighted by Gasteiger charge is 2.27. The van der Waals surface area contributed by atoms with E-state index in [4.69, 9.17) is 13.8 Å². The third kappa shape index (κ3) is 67.7. The van der Waals surface area contributed by atoms with Crippen LogP contribution in [-0.2, 0) is 27.9 Å². The summed E-state index contributed by atoms with van der Waals surface area (Å²) in [5, 5.41) is 3.05. The van der Waals surface area contributed by atoms with Crippen LogP contribution in [0.2, 0.25) is 0 Å². The average molecular weight is 1240 g/mol. The normalized spacial score (nSPS) is 13.9. The first kappa shape index (κ1) is 84.5. The summed E-state index contributed by atoms with van der Waals surface area (Å²) in [4.78, 5) is 40.3. The molecule has 1 N–H and O–H groups in total. The van der Waals surface area contributed by atoms with Gasteiger partial charge in [0.05, 0.1) is 33.8 Å². The topological polar surface area (TPSA) is 114 Å². The Bertz CT molecular complexity index is 1720. The lowest BCUT2D eigenvalue weighted by atomic mass is 10.0. The summed E-state index contributed by atoms with van der Waals surface area (Å²) in [5.41, 5.74) is 0. The molecule has 0 spiro atoms. The van der Waals surface area contributed by atoms with E-state index >= 15 is 0 Å². The minimum atomic E-state index is -4.71. The Morgan fingerprint density at radius 2 is 0.701 bits per heavy atom. The number of allylic oxidation sites excluding steroid dienone is 11. The van der Waals surface area contributed by atoms with Crippen LogP contribution in [0.15, 0.2) is 72.9 Å². The summed E-state index contributed by atoms with van der Waals surface area (Å²) in [6, 6.07) is -0.893. The quantitative estimate of drug-likeness (QED) is 0.0212. The van der Waals surface area contributed by atoms with E-state index in [9.17, 15) is 19.0 Å². The number of nitrogens with one attached hydrogen (secondary N) is 1. The number of phosphoric acid groups is 1. The Morgan fingerprint density at radius 1 is 0.402 bits per heavy atom. The molecule has 0 aromatic heterocycles. The number of ether oxygens (including phenoxy) is 1. The molecule has 0 fully saturated rings. The van der Waals surface area contributed by atoms with Gasteiger partial charge in [-0.2, -0.15) is 0 Å². The Balaban J connectivity index is 5.05. The number of unbranched alkanes of at least 4 members (excludes halogenated alkanes) is 42. The summed E-state index contributed by atoms with van der Waals surface area (Å²) in [6.45, 7) is 6.86. The van der Waals surface area contributed by atoms with Gasteiger partial charge < -0.3 is 28.5 Å². The lowest BCUT2D eigenvalue weighted by Crippen LogP contribution is -2.47. The molecule has 508 valence electrons. The molecule has 0 bridgehead atoms. The van der Waals surface area contributed by atoms with Gasteiger partial charge in [-0.25, -0.2) is 0 Å². The van der Waals surface area contributed by atoms with Gasteiger partial charge in [-0.05, 0) is 102 Å². The van der Waals surface area contributed by atoms with Crippen molar-refractivity contribution in [2.24, 2.45) is 0 Å². The molecule has 3 unspecified atom stereocenters. The van der Waals surface area contributed by atoms with E-state index in [1.807, 2.05) is 33.3 Å². The van der Waals surface area contributed by atoms with Crippen LogP contribution in [0.4, 0.5) is 0 Å². The number of quaternary nitrogens is 1. The fraction of sp³-hybridized carbons (Fsp3) is 0.818. The monoisotopic (exact) mass is 1240 g/mol. The zero-order valence-electron chi connectivity index (χ0n) is 58.2. The molecule has 1 amide bonds. The average Bonchev–Trinajstić information content (AvgIpc) is 3.70. The highest BCUT2D eigenvalue weighted by Crippen LogP contribution is 2.38. The standard InChI is InChI=1S/C77H143N2O7P/c1-7-10-13-16-19-22-25-28-30-32-34-36-37-38-39-40-41-43-45-47-49-52-55-58-61-64-67-70-77(81)86-75(68-65-62-59-56-53-50-27-24-21-18-15-12-9-3)74(73-85-87(82,83)84-72-71-79(4,5)6)78-76(80)69-66-63-60-57-54-51-48-46-44-42-35-33-31-29-26-23-20-17-14-11-8-2/h19,22,28-31,34,36,38-39,65,68,74-75H,7-18,20-21,23-27,32-33,35,37,40-64,66-67,69-73H2,1-6H3,(H-,78,80,82,83)/b22-19-,30-28-,31-29+,36-34-,39-38-,68-65-. The van der Waals surface area contributed by atoms with Crippen molar-refractivity contribution >= 4 is 19.7 Å². The number of hydrogen-bond acceptors (Lipinski definition) is 7. The van der Waals surface area contributed by atoms with Crippen molar-refractivity contribution in [3.05, 3.63) is 72.9 Å². The van der Waals surface area contributed by atoms with E-state index in [1.54, 1.807) is 0 Å². The zero-order valence-corrected chi connectivity index (χ0v) is 59.1. The maximum atomic E-state index is 13.6. The number of esters is 1. The predicted molar refractivity (Wildman–Crippen MR) is 376 cm³/mol. The highest BCUT2D eigenvalue weighted by molar-refractivity contribution is 7.45. The second-order valence-corrected chi connectivity index (χ2v) is 27.9. The molecule has 0 aromatic carbocycles. The summed E-state index contributed by atoms with van der Waals surface area (Å²) in [7, 11) is 1.19. The third-order valence-electron chi connectivity index (χ3n) is 16.6. The lowest BCUT2D eigenvalue weighted by Gasteiger charge is -2.30. The molecule has 0 radical (unpaired) electrons. The van der Waals surface area contributed by atoms with Crippen molar-refractivity contribution in [2.45, 2.75) is 367 Å². The van der Waals surface area contributed by atoms with Crippen molar-refractivity contribution in [1.29, 1.82) is 0 Å². The molecular formula is C77H143N2O7P. The van der Waals surface area contributed by atoms with Crippen molar-refractivity contribution in [2.75, 3.05) is 40.9 Å². The third-order valence-corrected chi connectivity index (χ3v) is 17.6. The highest BCUT2D eigenvalue weighted by atomic mass is 31.2. The SMILES string of the molecule is CCCCC/C=C\C/C=C\C/C=C\C/C=C\CCCCCCCCCCCCCC(=O)OC(/C=C\CCCCCCCCCCCCC)C(COP(=O)([O-])OCC[N+](C)(C)C)NC(=O)CCCCCCCCCCCCC/C=C/CCCCCCCC. The van der Waals surface area contributed by atoms with Crippen LogP contribution in [0.1, 0.15) is 355 Å². The van der Waals surface area contributed by atoms with Gasteiger partial charge in [0, 0.05) is 12.8 Å². The molecule has 0 heterocycles. The van der Waals surface area contributed by atoms with Gasteiger partial charge in [0.25, 0.3) is 7.82 Å². The molecular weight excluding hydrogens is 1100 g/mol. The zero-order chi connectivity index (χ0) is 63.5. The minimum absolute atomic E-state index is 0.0235. The number of carbonyl (C=O) groups excluding carboxylic acids is 2. The molecule has 87 heavy (non-hydrogen) atoms. The molecule has 10 heteroatoms. The summed E-state index contributed by atoms with van der Waals surface area (Å²) < 4.78 is 30.5. The van der Waals surface area contributed by atoms with Gasteiger partial charge in [-0.1, -0.05) is 312 Å². The number of rotatable bonds is 68. The molecule has 0 rings (SSSR count). The van der Waals surface area contributed by atoms with Crippen LogP contribution >= 0.6 is 7.82 Å². The van der Waals surface area contributed by atoms with E-state index in [1.165, 1.54) is 244 Å². The fourth-order valence-electron chi connectivity index (χ4n) is 10.9. The molecule has 0 saturated carbocycles. The largest absolute Gasteiger partial charge is 0.756 e. The van der Waals surface area contributed by atoms with Crippen LogP contribution in [0.5, 0.6) is 0 Å². The first-order chi connectivity index (χ1) is 42.4. The number of likely N-dealkylation sites (N-methyl/N-ethyl adjacent to an activating group) is 1. The van der Waals surface area contributed by atoms with Crippen LogP contribution in [-0.4, -0.2) is 69.4 Å². The second-order valence-electron chi connectivity index (χ2n) is 26.4. The number of hydrogen-bond donors (Lipinski definition) is 1. The van der Waals surface area contributed by atoms with E-state index in [0.717, 1.165) is 77.0 Å². The summed E-state index contributed by atoms with van der Waals surface area (Å²) >= 11 is 0. The van der Waals surface area contributed by atoms with Gasteiger partial charge in [-0.3, -0.25) is 14.2 Å². The van der Waals surface area contributed by atoms with Crippen molar-refractivity contribution in [3.8, 4) is 0 Å². The first-order valence-electron chi connectivity index (χ1n) is 37.2. The minimum Gasteiger partial charge on any atom is -0.756 e. The van der Waals surface area contributed by atoms with Gasteiger partial charge >= 0.3 is 5.97 Å². The molecule has 0 aromatic rings. The maximum absolute atomic E-state index is 13.6. The van der Waals surface area contributed by atoms with E-state index in [-0.39, 0.29) is 31.5 Å². The fourth-order valence-corrected chi connectivity index (χ4v) is 11.6. The van der Waals surface area contributed by atoms with Crippen LogP contribution in [0.3, 0.4) is 0 Å². The summed E-state index contributed by atoms with van der Waals surface area (Å²) in [6.07, 6.45) is 87.4. The van der Waals surface area contributed by atoms with Crippen molar-refractivity contribution in [1.82, 2.24) is 5.32 Å². The van der Waals surface area contributed by atoms with Gasteiger partial charge in [0.2, 0.25) is 5.91 Å². The van der Waals surface area contributed by atoms with Crippen LogP contribution in [0.25, 0.3) is 0 Å². The van der Waals surface area contributed by atoms with E-state index < -0.39 is 20.0 Å². The molecule has 0 aliphatic carbocycles. The Morgan fingerprint density at radius 3 is 1.08 bits per heavy atom. The Hall–Kier alpha value is -2.55. The Kier molecular flexibility index (Phi) is 64.4. The smallest absolute Gasteiger partial charge is 0.306 e. The molecule has 0 aliphatic heterocycles. The van der Waals surface area contributed by atoms with E-state index in [0.29, 0.717) is 17.4 Å². The van der Waals surface area contributed by atoms with Gasteiger partial charge in [0.1, 0.15) is 19.3 Å². The maximum Gasteiger partial charge on any atom is 0.306 e. The molecule has 9 nitrogen and oxygen atoms in total. The van der Waals surface area contributed by atoms with Gasteiger partial charge in [-0.15, -0.1) is 0 Å². The predicted octanol–water partition coefficient (Wildman–Crippen LogP) is 23.3. The number of amides is 1. The van der Waals surface area contributed by atoms with Crippen molar-refractivity contribution in [3.63, 3.8) is 0 Å². The Labute approximate surface area is 540 Å². The number of phosphoric ester groups is 1. The second kappa shape index (κ2) is 66.4.